The number of fused-ring (bicyclic) bond motifs is 1. The number of ether oxygens (including phenoxy) is 1. The number of aromatic nitrogens is 2. The normalized spacial score (nSPS) is 14.3. The van der Waals surface area contributed by atoms with E-state index >= 15 is 0 Å². The van der Waals surface area contributed by atoms with Crippen LogP contribution in [-0.2, 0) is 12.8 Å². The molecule has 2 aromatic carbocycles. The predicted octanol–water partition coefficient (Wildman–Crippen LogP) is 4.09. The monoisotopic (exact) mass is 388 g/mol. The maximum absolute atomic E-state index is 9.44. The van der Waals surface area contributed by atoms with Gasteiger partial charge in [-0.15, -0.1) is 0 Å². The quantitative estimate of drug-likeness (QED) is 0.670. The van der Waals surface area contributed by atoms with Gasteiger partial charge in [0.15, 0.2) is 0 Å². The van der Waals surface area contributed by atoms with Crippen LogP contribution in [0.3, 0.4) is 0 Å². The third-order valence-corrected chi connectivity index (χ3v) is 5.13. The van der Waals surface area contributed by atoms with Crippen LogP contribution in [0.5, 0.6) is 5.75 Å². The molecule has 0 bridgehead atoms. The number of nitriles is 1. The maximum atomic E-state index is 9.44. The molecule has 0 saturated carbocycles. The number of benzene rings is 2. The van der Waals surface area contributed by atoms with Gasteiger partial charge in [0, 0.05) is 24.2 Å². The van der Waals surface area contributed by atoms with Gasteiger partial charge in [-0.3, -0.25) is 0 Å². The number of nitrogens with zero attached hydrogens (tertiary/aromatic N) is 4. The van der Waals surface area contributed by atoms with Gasteiger partial charge in [0.2, 0.25) is 5.82 Å². The summed E-state index contributed by atoms with van der Waals surface area (Å²) in [6, 6.07) is 13.9. The van der Waals surface area contributed by atoms with Gasteiger partial charge in [-0.2, -0.15) is 10.2 Å². The highest BCUT2D eigenvalue weighted by Gasteiger charge is 2.16. The first-order valence-electron chi connectivity index (χ1n) is 9.89. The predicted molar refractivity (Wildman–Crippen MR) is 111 cm³/mol. The molecular weight excluding hydrogens is 364 g/mol. The van der Waals surface area contributed by atoms with E-state index in [4.69, 9.17) is 9.26 Å². The Bertz CT molecular complexity index is 1060. The van der Waals surface area contributed by atoms with E-state index in [2.05, 4.69) is 46.4 Å². The smallest absolute Gasteiger partial charge is 0.258 e. The van der Waals surface area contributed by atoms with Crippen LogP contribution in [0.4, 0.5) is 0 Å². The van der Waals surface area contributed by atoms with Crippen molar-refractivity contribution in [3.05, 3.63) is 53.1 Å². The average Bonchev–Trinajstić information content (AvgIpc) is 3.13. The maximum Gasteiger partial charge on any atom is 0.258 e. The molecular formula is C23H24N4O2. The van der Waals surface area contributed by atoms with E-state index in [0.29, 0.717) is 28.6 Å². The van der Waals surface area contributed by atoms with Crippen molar-refractivity contribution < 1.29 is 9.26 Å². The number of hydrogen-bond acceptors (Lipinski definition) is 6. The minimum Gasteiger partial charge on any atom is -0.490 e. The zero-order chi connectivity index (χ0) is 20.4. The minimum atomic E-state index is -0.00375. The molecule has 0 atom stereocenters. The van der Waals surface area contributed by atoms with Gasteiger partial charge in [0.25, 0.3) is 5.89 Å². The Hall–Kier alpha value is -3.17. The molecule has 0 N–H and O–H groups in total. The van der Waals surface area contributed by atoms with Crippen LogP contribution in [0.15, 0.2) is 40.9 Å². The largest absolute Gasteiger partial charge is 0.490 e. The summed E-state index contributed by atoms with van der Waals surface area (Å²) in [6.45, 7) is 5.99. The standard InChI is InChI=1S/C23H24N4O2/c1-15(2)28-21-7-6-19(13-20(21)14-24)23-25-22(26-29-23)18-5-4-16-8-10-27(3)11-9-17(16)12-18/h4-7,12-13,15H,8-11H2,1-3H3. The summed E-state index contributed by atoms with van der Waals surface area (Å²) in [4.78, 5) is 6.92. The third kappa shape index (κ3) is 4.15. The molecule has 4 rings (SSSR count). The Morgan fingerprint density at radius 3 is 2.59 bits per heavy atom. The van der Waals surface area contributed by atoms with Gasteiger partial charge >= 0.3 is 0 Å². The lowest BCUT2D eigenvalue weighted by molar-refractivity contribution is 0.242. The number of likely N-dealkylation sites (N-methyl/N-ethyl adjacent to an activating group) is 1. The van der Waals surface area contributed by atoms with Gasteiger partial charge in [-0.25, -0.2) is 0 Å². The first-order chi connectivity index (χ1) is 14.0. The summed E-state index contributed by atoms with van der Waals surface area (Å²) in [6.07, 6.45) is 2.08. The first kappa shape index (κ1) is 19.2. The van der Waals surface area contributed by atoms with Crippen LogP contribution in [0.25, 0.3) is 22.8 Å². The van der Waals surface area contributed by atoms with Crippen molar-refractivity contribution in [2.75, 3.05) is 20.1 Å². The molecule has 0 aliphatic carbocycles. The van der Waals surface area contributed by atoms with E-state index in [-0.39, 0.29) is 6.10 Å². The van der Waals surface area contributed by atoms with Crippen LogP contribution in [0.1, 0.15) is 30.5 Å². The minimum absolute atomic E-state index is 0.00375. The van der Waals surface area contributed by atoms with Crippen molar-refractivity contribution in [2.24, 2.45) is 0 Å². The van der Waals surface area contributed by atoms with Crippen LogP contribution in [-0.4, -0.2) is 41.3 Å². The Labute approximate surface area is 170 Å². The summed E-state index contributed by atoms with van der Waals surface area (Å²) in [5, 5.41) is 13.6. The molecule has 0 saturated heterocycles. The zero-order valence-electron chi connectivity index (χ0n) is 17.0. The molecule has 1 aliphatic rings. The van der Waals surface area contributed by atoms with Crippen molar-refractivity contribution in [3.63, 3.8) is 0 Å². The molecule has 0 spiro atoms. The van der Waals surface area contributed by atoms with Crippen molar-refractivity contribution in [1.82, 2.24) is 15.0 Å². The Morgan fingerprint density at radius 2 is 1.83 bits per heavy atom. The second-order valence-corrected chi connectivity index (χ2v) is 7.70. The Balaban J connectivity index is 1.62. The first-order valence-corrected chi connectivity index (χ1v) is 9.89. The molecule has 2 heterocycles. The van der Waals surface area contributed by atoms with Crippen molar-refractivity contribution >= 4 is 0 Å². The summed E-state index contributed by atoms with van der Waals surface area (Å²) >= 11 is 0. The van der Waals surface area contributed by atoms with Crippen molar-refractivity contribution in [2.45, 2.75) is 32.8 Å². The highest BCUT2D eigenvalue weighted by atomic mass is 16.5. The fourth-order valence-electron chi connectivity index (χ4n) is 3.54. The van der Waals surface area contributed by atoms with Gasteiger partial charge in [-0.1, -0.05) is 17.3 Å². The summed E-state index contributed by atoms with van der Waals surface area (Å²) in [7, 11) is 2.16. The topological polar surface area (TPSA) is 75.2 Å². The molecule has 6 nitrogen and oxygen atoms in total. The highest BCUT2D eigenvalue weighted by molar-refractivity contribution is 5.64. The van der Waals surface area contributed by atoms with E-state index < -0.39 is 0 Å². The van der Waals surface area contributed by atoms with Gasteiger partial charge < -0.3 is 14.2 Å². The van der Waals surface area contributed by atoms with Gasteiger partial charge in [0.1, 0.15) is 11.8 Å². The number of rotatable bonds is 4. The van der Waals surface area contributed by atoms with Crippen LogP contribution < -0.4 is 4.74 Å². The molecule has 29 heavy (non-hydrogen) atoms. The lowest BCUT2D eigenvalue weighted by Crippen LogP contribution is -2.20. The van der Waals surface area contributed by atoms with Crippen molar-refractivity contribution in [1.29, 1.82) is 5.26 Å². The Kier molecular flexibility index (Phi) is 5.32. The van der Waals surface area contributed by atoms with E-state index in [1.165, 1.54) is 11.1 Å². The lowest BCUT2D eigenvalue weighted by Gasteiger charge is -2.11. The van der Waals surface area contributed by atoms with Gasteiger partial charge in [0.05, 0.1) is 11.7 Å². The Morgan fingerprint density at radius 1 is 1.07 bits per heavy atom. The second-order valence-electron chi connectivity index (χ2n) is 7.70. The van der Waals surface area contributed by atoms with Crippen LogP contribution in [0.2, 0.25) is 0 Å². The molecule has 0 fully saturated rings. The second kappa shape index (κ2) is 8.06. The third-order valence-electron chi connectivity index (χ3n) is 5.13. The lowest BCUT2D eigenvalue weighted by atomic mass is 10.00. The van der Waals surface area contributed by atoms with Crippen LogP contribution in [0, 0.1) is 11.3 Å². The molecule has 0 amide bonds. The van der Waals surface area contributed by atoms with Crippen molar-refractivity contribution in [3.8, 4) is 34.7 Å². The average molecular weight is 388 g/mol. The SMILES string of the molecule is CC(C)Oc1ccc(-c2nc(-c3ccc4c(c3)CCN(C)CC4)no2)cc1C#N. The molecule has 0 radical (unpaired) electrons. The summed E-state index contributed by atoms with van der Waals surface area (Å²) in [5.41, 5.74) is 4.84. The molecule has 1 aromatic heterocycles. The van der Waals surface area contributed by atoms with Gasteiger partial charge in [-0.05, 0) is 69.1 Å². The molecule has 0 unspecified atom stereocenters. The molecule has 1 aliphatic heterocycles. The summed E-state index contributed by atoms with van der Waals surface area (Å²) < 4.78 is 11.2. The molecule has 3 aromatic rings. The van der Waals surface area contributed by atoms with E-state index in [9.17, 15) is 5.26 Å². The molecule has 6 heteroatoms. The van der Waals surface area contributed by atoms with E-state index in [0.717, 1.165) is 31.5 Å². The molecule has 148 valence electrons. The van der Waals surface area contributed by atoms with E-state index in [1.54, 1.807) is 12.1 Å². The number of hydrogen-bond donors (Lipinski definition) is 0. The van der Waals surface area contributed by atoms with E-state index in [1.807, 2.05) is 19.9 Å². The van der Waals surface area contributed by atoms with Crippen LogP contribution >= 0.6 is 0 Å². The zero-order valence-corrected chi connectivity index (χ0v) is 17.0. The highest BCUT2D eigenvalue weighted by Crippen LogP contribution is 2.29. The summed E-state index contributed by atoms with van der Waals surface area (Å²) in [5.74, 6) is 1.50. The fourth-order valence-corrected chi connectivity index (χ4v) is 3.54. The fraction of sp³-hybridized carbons (Fsp3) is 0.348.